The molecule has 1 amide bonds. The molecule has 0 atom stereocenters. The number of ether oxygens (including phenoxy) is 2. The van der Waals surface area contributed by atoms with Crippen molar-refractivity contribution in [3.63, 3.8) is 0 Å². The Morgan fingerprint density at radius 3 is 2.56 bits per heavy atom. The molecule has 168 valence electrons. The van der Waals surface area contributed by atoms with E-state index in [0.717, 1.165) is 55.0 Å². The van der Waals surface area contributed by atoms with Gasteiger partial charge in [-0.25, -0.2) is 9.78 Å². The highest BCUT2D eigenvalue weighted by molar-refractivity contribution is 7.22. The number of fused-ring (bicyclic) bond motifs is 1. The summed E-state index contributed by atoms with van der Waals surface area (Å²) >= 11 is 1.53. The molecule has 0 N–H and O–H groups in total. The third-order valence-corrected chi connectivity index (χ3v) is 6.56. The third kappa shape index (κ3) is 5.15. The quantitative estimate of drug-likeness (QED) is 0.507. The summed E-state index contributed by atoms with van der Waals surface area (Å²) < 4.78 is 11.2. The van der Waals surface area contributed by atoms with E-state index in [2.05, 4.69) is 11.0 Å². The lowest BCUT2D eigenvalue weighted by Crippen LogP contribution is -2.39. The summed E-state index contributed by atoms with van der Waals surface area (Å²) in [4.78, 5) is 34.1. The van der Waals surface area contributed by atoms with Gasteiger partial charge in [0.15, 0.2) is 5.13 Å². The van der Waals surface area contributed by atoms with Crippen molar-refractivity contribution in [2.45, 2.75) is 13.3 Å². The lowest BCUT2D eigenvalue weighted by Gasteiger charge is -2.27. The molecule has 0 radical (unpaired) electrons. The summed E-state index contributed by atoms with van der Waals surface area (Å²) in [5.74, 6) is -0.549. The number of aromatic nitrogens is 1. The van der Waals surface area contributed by atoms with E-state index in [1.54, 1.807) is 29.2 Å². The molecule has 7 nitrogen and oxygen atoms in total. The van der Waals surface area contributed by atoms with E-state index in [0.29, 0.717) is 22.8 Å². The van der Waals surface area contributed by atoms with Crippen LogP contribution in [0.3, 0.4) is 0 Å². The second kappa shape index (κ2) is 10.2. The van der Waals surface area contributed by atoms with E-state index < -0.39 is 5.97 Å². The summed E-state index contributed by atoms with van der Waals surface area (Å²) in [7, 11) is 1.34. The summed E-state index contributed by atoms with van der Waals surface area (Å²) in [6, 6.07) is 12.7. The Kier molecular flexibility index (Phi) is 7.14. The number of anilines is 1. The van der Waals surface area contributed by atoms with Crippen LogP contribution in [0.15, 0.2) is 42.5 Å². The van der Waals surface area contributed by atoms with Crippen LogP contribution in [0.4, 0.5) is 5.13 Å². The van der Waals surface area contributed by atoms with Gasteiger partial charge in [0.25, 0.3) is 5.91 Å². The summed E-state index contributed by atoms with van der Waals surface area (Å²) in [6.07, 6.45) is 0.834. The molecular formula is C24H27N3O4S. The van der Waals surface area contributed by atoms with E-state index in [1.807, 2.05) is 19.1 Å². The van der Waals surface area contributed by atoms with E-state index in [4.69, 9.17) is 14.5 Å². The second-order valence-electron chi connectivity index (χ2n) is 7.80. The molecule has 0 bridgehead atoms. The van der Waals surface area contributed by atoms with Crippen molar-refractivity contribution in [1.29, 1.82) is 0 Å². The molecule has 32 heavy (non-hydrogen) atoms. The van der Waals surface area contributed by atoms with Crippen molar-refractivity contribution in [1.82, 2.24) is 9.88 Å². The van der Waals surface area contributed by atoms with Gasteiger partial charge in [0.1, 0.15) is 0 Å². The molecule has 0 saturated carbocycles. The largest absolute Gasteiger partial charge is 0.465 e. The third-order valence-electron chi connectivity index (χ3n) is 5.52. The molecule has 1 aliphatic heterocycles. The number of carbonyl (C=O) groups is 2. The molecule has 2 aromatic carbocycles. The molecule has 0 aliphatic carbocycles. The van der Waals surface area contributed by atoms with Gasteiger partial charge in [-0.05, 0) is 55.3 Å². The van der Waals surface area contributed by atoms with Crippen molar-refractivity contribution in [2.75, 3.05) is 51.4 Å². The van der Waals surface area contributed by atoms with Gasteiger partial charge in [0.05, 0.1) is 36.1 Å². The van der Waals surface area contributed by atoms with Crippen molar-refractivity contribution in [2.24, 2.45) is 0 Å². The number of methoxy groups -OCH3 is 1. The number of esters is 1. The van der Waals surface area contributed by atoms with Gasteiger partial charge in [-0.1, -0.05) is 17.4 Å². The molecule has 3 aromatic rings. The van der Waals surface area contributed by atoms with Crippen molar-refractivity contribution >= 4 is 38.6 Å². The lowest BCUT2D eigenvalue weighted by molar-refractivity contribution is 0.0376. The standard InChI is InChI=1S/C24H27N3O4S/c1-17-4-9-20-21(16-17)32-24(25-20)27(11-3-10-26-12-14-31-15-13-26)22(28)18-5-7-19(8-6-18)23(29)30-2/h4-9,16H,3,10-15H2,1-2H3. The first kappa shape index (κ1) is 22.4. The number of nitrogens with zero attached hydrogens (tertiary/aromatic N) is 3. The van der Waals surface area contributed by atoms with Crippen LogP contribution in [0, 0.1) is 6.92 Å². The highest BCUT2D eigenvalue weighted by Gasteiger charge is 2.22. The maximum atomic E-state index is 13.5. The number of benzene rings is 2. The van der Waals surface area contributed by atoms with Crippen LogP contribution < -0.4 is 4.90 Å². The summed E-state index contributed by atoms with van der Waals surface area (Å²) in [5.41, 5.74) is 2.98. The smallest absolute Gasteiger partial charge is 0.337 e. The van der Waals surface area contributed by atoms with Crippen molar-refractivity contribution in [3.05, 3.63) is 59.2 Å². The van der Waals surface area contributed by atoms with E-state index in [9.17, 15) is 9.59 Å². The topological polar surface area (TPSA) is 72.0 Å². The van der Waals surface area contributed by atoms with Crippen LogP contribution in [0.2, 0.25) is 0 Å². The first-order valence-corrected chi connectivity index (χ1v) is 11.5. The van der Waals surface area contributed by atoms with Crippen LogP contribution in [0.25, 0.3) is 10.2 Å². The highest BCUT2D eigenvalue weighted by Crippen LogP contribution is 2.30. The Morgan fingerprint density at radius 1 is 1.12 bits per heavy atom. The van der Waals surface area contributed by atoms with Gasteiger partial charge in [0, 0.05) is 31.7 Å². The molecule has 1 aromatic heterocycles. The lowest BCUT2D eigenvalue weighted by atomic mass is 10.1. The monoisotopic (exact) mass is 453 g/mol. The molecule has 1 saturated heterocycles. The van der Waals surface area contributed by atoms with Gasteiger partial charge in [-0.2, -0.15) is 0 Å². The van der Waals surface area contributed by atoms with Gasteiger partial charge >= 0.3 is 5.97 Å². The minimum Gasteiger partial charge on any atom is -0.465 e. The first-order valence-electron chi connectivity index (χ1n) is 10.7. The number of carbonyl (C=O) groups excluding carboxylic acids is 2. The average Bonchev–Trinajstić information content (AvgIpc) is 3.24. The molecule has 1 fully saturated rings. The van der Waals surface area contributed by atoms with Crippen molar-refractivity contribution in [3.8, 4) is 0 Å². The normalized spacial score (nSPS) is 14.4. The second-order valence-corrected chi connectivity index (χ2v) is 8.81. The molecule has 2 heterocycles. The Balaban J connectivity index is 1.56. The summed E-state index contributed by atoms with van der Waals surface area (Å²) in [5, 5.41) is 0.689. The maximum absolute atomic E-state index is 13.5. The zero-order valence-corrected chi connectivity index (χ0v) is 19.2. The van der Waals surface area contributed by atoms with Crippen molar-refractivity contribution < 1.29 is 19.1 Å². The van der Waals surface area contributed by atoms with Gasteiger partial charge < -0.3 is 9.47 Å². The Hall–Kier alpha value is -2.81. The molecular weight excluding hydrogens is 426 g/mol. The number of morpholine rings is 1. The number of thiazole rings is 1. The van der Waals surface area contributed by atoms with E-state index in [-0.39, 0.29) is 5.91 Å². The predicted octanol–water partition coefficient (Wildman–Crippen LogP) is 3.76. The molecule has 8 heteroatoms. The van der Waals surface area contributed by atoms with Crippen LogP contribution in [0.1, 0.15) is 32.7 Å². The summed E-state index contributed by atoms with van der Waals surface area (Å²) in [6.45, 7) is 6.87. The fraction of sp³-hybridized carbons (Fsp3) is 0.375. The SMILES string of the molecule is COC(=O)c1ccc(C(=O)N(CCCN2CCOCC2)c2nc3ccc(C)cc3s2)cc1. The Bertz CT molecular complexity index is 1090. The van der Waals surface area contributed by atoms with Gasteiger partial charge in [-0.3, -0.25) is 14.6 Å². The Morgan fingerprint density at radius 2 is 1.84 bits per heavy atom. The number of amides is 1. The first-order chi connectivity index (χ1) is 15.5. The predicted molar refractivity (Wildman–Crippen MR) is 126 cm³/mol. The van der Waals surface area contributed by atoms with Gasteiger partial charge in [-0.15, -0.1) is 0 Å². The fourth-order valence-corrected chi connectivity index (χ4v) is 4.81. The van der Waals surface area contributed by atoms with Crippen LogP contribution in [-0.2, 0) is 9.47 Å². The molecule has 4 rings (SSSR count). The zero-order chi connectivity index (χ0) is 22.5. The Labute approximate surface area is 191 Å². The van der Waals surface area contributed by atoms with Crippen LogP contribution in [0.5, 0.6) is 0 Å². The van der Waals surface area contributed by atoms with Gasteiger partial charge in [0.2, 0.25) is 0 Å². The molecule has 0 unspecified atom stereocenters. The van der Waals surface area contributed by atoms with E-state index >= 15 is 0 Å². The highest BCUT2D eigenvalue weighted by atomic mass is 32.1. The zero-order valence-electron chi connectivity index (χ0n) is 18.4. The van der Waals surface area contributed by atoms with Crippen LogP contribution >= 0.6 is 11.3 Å². The maximum Gasteiger partial charge on any atom is 0.337 e. The minimum atomic E-state index is -0.423. The molecule has 0 spiro atoms. The number of hydrogen-bond acceptors (Lipinski definition) is 7. The minimum absolute atomic E-state index is 0.126. The van der Waals surface area contributed by atoms with Crippen LogP contribution in [-0.4, -0.2) is 68.3 Å². The fourth-order valence-electron chi connectivity index (χ4n) is 3.72. The molecule has 1 aliphatic rings. The number of hydrogen-bond donors (Lipinski definition) is 0. The van der Waals surface area contributed by atoms with E-state index in [1.165, 1.54) is 18.4 Å². The average molecular weight is 454 g/mol. The number of rotatable bonds is 7. The number of aryl methyl sites for hydroxylation is 1.